The highest BCUT2D eigenvalue weighted by Gasteiger charge is 2.21. The highest BCUT2D eigenvalue weighted by atomic mass is 35.5. The van der Waals surface area contributed by atoms with Crippen molar-refractivity contribution in [1.29, 1.82) is 0 Å². The molecule has 0 saturated heterocycles. The van der Waals surface area contributed by atoms with Crippen LogP contribution in [0.1, 0.15) is 27.3 Å². The summed E-state index contributed by atoms with van der Waals surface area (Å²) in [7, 11) is 0. The van der Waals surface area contributed by atoms with Crippen LogP contribution < -0.4 is 10.6 Å². The van der Waals surface area contributed by atoms with E-state index in [1.54, 1.807) is 6.07 Å². The number of nitrogens with one attached hydrogen (secondary N) is 3. The van der Waals surface area contributed by atoms with Gasteiger partial charge in [0.05, 0.1) is 10.0 Å². The van der Waals surface area contributed by atoms with Crippen LogP contribution in [0.4, 0.5) is 0 Å². The van der Waals surface area contributed by atoms with Gasteiger partial charge in [-0.1, -0.05) is 35.3 Å². The monoisotopic (exact) mass is 374 g/mol. The summed E-state index contributed by atoms with van der Waals surface area (Å²) in [5.41, 5.74) is 3.39. The van der Waals surface area contributed by atoms with Gasteiger partial charge in [-0.05, 0) is 18.1 Å². The number of carbonyl (C=O) groups is 1. The van der Waals surface area contributed by atoms with Crippen molar-refractivity contribution in [1.82, 2.24) is 20.8 Å². The topological polar surface area (TPSA) is 69.8 Å². The number of H-pyrrole nitrogens is 1. The third-order valence-corrected chi connectivity index (χ3v) is 4.59. The van der Waals surface area contributed by atoms with Gasteiger partial charge < -0.3 is 10.6 Å². The molecule has 8 heteroatoms. The molecule has 0 fully saturated rings. The van der Waals surface area contributed by atoms with Gasteiger partial charge in [-0.25, -0.2) is 0 Å². The van der Waals surface area contributed by atoms with Crippen LogP contribution in [-0.2, 0) is 19.4 Å². The van der Waals surface area contributed by atoms with Crippen LogP contribution in [-0.4, -0.2) is 29.2 Å². The Hall–Kier alpha value is -1.27. The summed E-state index contributed by atoms with van der Waals surface area (Å²) in [6.07, 6.45) is 1.49. The molecular weight excluding hydrogens is 359 g/mol. The highest BCUT2D eigenvalue weighted by molar-refractivity contribution is 6.42. The quantitative estimate of drug-likeness (QED) is 0.769. The van der Waals surface area contributed by atoms with E-state index in [1.807, 2.05) is 12.1 Å². The molecule has 0 saturated carbocycles. The fourth-order valence-electron chi connectivity index (χ4n) is 2.55. The average molecular weight is 376 g/mol. The van der Waals surface area contributed by atoms with Gasteiger partial charge in [-0.15, -0.1) is 12.4 Å². The molecule has 2 heterocycles. The fraction of sp³-hybridized carbons (Fsp3) is 0.333. The van der Waals surface area contributed by atoms with Crippen molar-refractivity contribution in [3.05, 3.63) is 50.8 Å². The van der Waals surface area contributed by atoms with E-state index in [1.165, 1.54) is 0 Å². The molecule has 3 rings (SSSR count). The lowest BCUT2D eigenvalue weighted by Gasteiger charge is -2.13. The molecule has 0 spiro atoms. The number of rotatable bonds is 4. The predicted octanol–water partition coefficient (Wildman–Crippen LogP) is 2.76. The Labute approximate surface area is 150 Å². The lowest BCUT2D eigenvalue weighted by atomic mass is 10.1. The van der Waals surface area contributed by atoms with Gasteiger partial charge in [0.2, 0.25) is 0 Å². The number of nitrogens with zero attached hydrogens (tertiary/aromatic N) is 1. The Balaban J connectivity index is 0.00000192. The van der Waals surface area contributed by atoms with Gasteiger partial charge in [0.1, 0.15) is 0 Å². The smallest absolute Gasteiger partial charge is 0.272 e. The molecule has 0 radical (unpaired) electrons. The first-order chi connectivity index (χ1) is 10.7. The molecule has 1 aromatic carbocycles. The molecule has 3 N–H and O–H groups in total. The van der Waals surface area contributed by atoms with Crippen LogP contribution in [0.5, 0.6) is 0 Å². The Bertz CT molecular complexity index is 702. The van der Waals surface area contributed by atoms with Crippen molar-refractivity contribution < 1.29 is 4.79 Å². The number of fused-ring (bicyclic) bond motifs is 1. The SMILES string of the molecule is Cl.O=C(NCCc1cccc(Cl)c1Cl)c1n[nH]c2c1CNCC2. The van der Waals surface area contributed by atoms with Gasteiger partial charge in [-0.2, -0.15) is 5.10 Å². The maximum atomic E-state index is 12.2. The van der Waals surface area contributed by atoms with Gasteiger partial charge in [-0.3, -0.25) is 9.89 Å². The summed E-state index contributed by atoms with van der Waals surface area (Å²) in [5, 5.41) is 14.3. The Kier molecular flexibility index (Phi) is 6.30. The average Bonchev–Trinajstić information content (AvgIpc) is 2.95. The van der Waals surface area contributed by atoms with Gasteiger partial charge >= 0.3 is 0 Å². The van der Waals surface area contributed by atoms with E-state index in [2.05, 4.69) is 20.8 Å². The van der Waals surface area contributed by atoms with Crippen molar-refractivity contribution >= 4 is 41.5 Å². The maximum absolute atomic E-state index is 12.2. The zero-order chi connectivity index (χ0) is 15.5. The third-order valence-electron chi connectivity index (χ3n) is 3.73. The first-order valence-corrected chi connectivity index (χ1v) is 7.90. The van der Waals surface area contributed by atoms with Gasteiger partial charge in [0.25, 0.3) is 5.91 Å². The number of hydrogen-bond acceptors (Lipinski definition) is 3. The molecule has 1 amide bonds. The lowest BCUT2D eigenvalue weighted by Crippen LogP contribution is -2.29. The molecule has 1 aromatic heterocycles. The second kappa shape index (κ2) is 8.02. The number of aromatic nitrogens is 2. The van der Waals surface area contributed by atoms with E-state index in [4.69, 9.17) is 23.2 Å². The van der Waals surface area contributed by atoms with Crippen molar-refractivity contribution in [2.45, 2.75) is 19.4 Å². The summed E-state index contributed by atoms with van der Waals surface area (Å²) >= 11 is 12.1. The Morgan fingerprint density at radius 3 is 3.00 bits per heavy atom. The molecule has 0 unspecified atom stereocenters. The summed E-state index contributed by atoms with van der Waals surface area (Å²) in [4.78, 5) is 12.2. The zero-order valence-corrected chi connectivity index (χ0v) is 14.6. The van der Waals surface area contributed by atoms with E-state index in [-0.39, 0.29) is 18.3 Å². The summed E-state index contributed by atoms with van der Waals surface area (Å²) in [6, 6.07) is 5.50. The Morgan fingerprint density at radius 2 is 2.17 bits per heavy atom. The molecule has 5 nitrogen and oxygen atoms in total. The van der Waals surface area contributed by atoms with E-state index < -0.39 is 0 Å². The van der Waals surface area contributed by atoms with E-state index in [0.717, 1.165) is 29.8 Å². The number of carbonyl (C=O) groups excluding carboxylic acids is 1. The third kappa shape index (κ3) is 3.98. The van der Waals surface area contributed by atoms with E-state index in [9.17, 15) is 4.79 Å². The number of amides is 1. The molecule has 0 atom stereocenters. The molecule has 1 aliphatic heterocycles. The predicted molar refractivity (Wildman–Crippen MR) is 93.7 cm³/mol. The minimum atomic E-state index is -0.167. The van der Waals surface area contributed by atoms with Crippen LogP contribution in [0, 0.1) is 0 Å². The minimum Gasteiger partial charge on any atom is -0.350 e. The first-order valence-electron chi connectivity index (χ1n) is 7.14. The molecule has 0 aliphatic carbocycles. The molecule has 0 bridgehead atoms. The van der Waals surface area contributed by atoms with Crippen LogP contribution in [0.2, 0.25) is 10.0 Å². The van der Waals surface area contributed by atoms with E-state index >= 15 is 0 Å². The zero-order valence-electron chi connectivity index (χ0n) is 12.3. The maximum Gasteiger partial charge on any atom is 0.272 e. The molecule has 23 heavy (non-hydrogen) atoms. The van der Waals surface area contributed by atoms with Crippen LogP contribution >= 0.6 is 35.6 Å². The van der Waals surface area contributed by atoms with Crippen molar-refractivity contribution in [2.24, 2.45) is 0 Å². The summed E-state index contributed by atoms with van der Waals surface area (Å²) in [6.45, 7) is 2.06. The van der Waals surface area contributed by atoms with Crippen molar-refractivity contribution in [3.8, 4) is 0 Å². The molecule has 2 aromatic rings. The number of halogens is 3. The number of aromatic amines is 1. The summed E-state index contributed by atoms with van der Waals surface area (Å²) in [5.74, 6) is -0.167. The Morgan fingerprint density at radius 1 is 1.35 bits per heavy atom. The molecule has 1 aliphatic rings. The fourth-order valence-corrected chi connectivity index (χ4v) is 2.96. The second-order valence-electron chi connectivity index (χ2n) is 5.17. The largest absolute Gasteiger partial charge is 0.350 e. The van der Waals surface area contributed by atoms with Crippen LogP contribution in [0.25, 0.3) is 0 Å². The first kappa shape index (κ1) is 18.1. The lowest BCUT2D eigenvalue weighted by molar-refractivity contribution is 0.0948. The number of hydrogen-bond donors (Lipinski definition) is 3. The second-order valence-corrected chi connectivity index (χ2v) is 5.96. The standard InChI is InChI=1S/C15H16Cl2N4O.ClH/c16-11-3-1-2-9(13(11)17)4-7-19-15(22)14-10-8-18-6-5-12(10)20-21-14;/h1-3,18H,4-8H2,(H,19,22)(H,20,21);1H. The molecular formula is C15H17Cl3N4O. The van der Waals surface area contributed by atoms with Crippen LogP contribution in [0.3, 0.4) is 0 Å². The number of benzene rings is 1. The van der Waals surface area contributed by atoms with Gasteiger partial charge in [0.15, 0.2) is 5.69 Å². The van der Waals surface area contributed by atoms with Crippen molar-refractivity contribution in [2.75, 3.05) is 13.1 Å². The van der Waals surface area contributed by atoms with Crippen molar-refractivity contribution in [3.63, 3.8) is 0 Å². The normalized spacial score (nSPS) is 13.1. The minimum absolute atomic E-state index is 0. The van der Waals surface area contributed by atoms with E-state index in [0.29, 0.717) is 35.2 Å². The summed E-state index contributed by atoms with van der Waals surface area (Å²) < 4.78 is 0. The molecule has 124 valence electrons. The van der Waals surface area contributed by atoms with Crippen LogP contribution in [0.15, 0.2) is 18.2 Å². The highest BCUT2D eigenvalue weighted by Crippen LogP contribution is 2.25. The van der Waals surface area contributed by atoms with Gasteiger partial charge in [0, 0.05) is 37.3 Å².